The van der Waals surface area contributed by atoms with Gasteiger partial charge in [0.15, 0.2) is 0 Å². The molecule has 0 aliphatic rings. The van der Waals surface area contributed by atoms with E-state index in [1.807, 2.05) is 0 Å². The number of hydrogen-bond donors (Lipinski definition) is 0. The van der Waals surface area contributed by atoms with Gasteiger partial charge in [-0.2, -0.15) is 0 Å². The maximum absolute atomic E-state index is 11.3. The van der Waals surface area contributed by atoms with Crippen LogP contribution in [-0.4, -0.2) is 12.4 Å². The molecule has 52 valence electrons. The minimum atomic E-state index is -2.66. The first kappa shape index (κ1) is 8.07. The lowest BCUT2D eigenvalue weighted by atomic mass is 10.2. The van der Waals surface area contributed by atoms with Gasteiger partial charge in [-0.15, -0.1) is 0 Å². The third-order valence-corrected chi connectivity index (χ3v) is 0.689. The Bertz CT molecular complexity index is 131. The largest absolute Gasteiger partial charge is 0.545 e. The van der Waals surface area contributed by atoms with E-state index in [2.05, 4.69) is 6.58 Å². The van der Waals surface area contributed by atoms with E-state index >= 15 is 0 Å². The molecule has 0 saturated carbocycles. The summed E-state index contributed by atoms with van der Waals surface area (Å²) in [5, 5.41) is 9.69. The second-order valence-electron chi connectivity index (χ2n) is 1.49. The fraction of sp³-hybridized carbons (Fsp3) is 0.400. The minimum absolute atomic E-state index is 0.565. The van der Waals surface area contributed by atoms with Gasteiger partial charge in [-0.25, -0.2) is 8.78 Å². The second-order valence-corrected chi connectivity index (χ2v) is 1.49. The predicted octanol–water partition coefficient (Wildman–Crippen LogP) is -0.0523. The highest BCUT2D eigenvalue weighted by Gasteiger charge is 2.04. The topological polar surface area (TPSA) is 40.1 Å². The minimum Gasteiger partial charge on any atom is -0.545 e. The van der Waals surface area contributed by atoms with E-state index in [9.17, 15) is 18.7 Å². The molecule has 0 aliphatic carbocycles. The van der Waals surface area contributed by atoms with Crippen molar-refractivity contribution in [2.75, 3.05) is 0 Å². The lowest BCUT2D eigenvalue weighted by Gasteiger charge is -2.03. The number of carbonyl (C=O) groups excluding carboxylic acids is 1. The maximum Gasteiger partial charge on any atom is 0.242 e. The molecule has 0 amide bonds. The first-order valence-corrected chi connectivity index (χ1v) is 2.21. The van der Waals surface area contributed by atoms with Gasteiger partial charge in [0.05, 0.1) is 5.97 Å². The van der Waals surface area contributed by atoms with Gasteiger partial charge in [0.25, 0.3) is 0 Å². The third-order valence-electron chi connectivity index (χ3n) is 0.689. The summed E-state index contributed by atoms with van der Waals surface area (Å²) in [5.41, 5.74) is -0.565. The first-order valence-electron chi connectivity index (χ1n) is 2.21. The number of rotatable bonds is 3. The van der Waals surface area contributed by atoms with E-state index in [0.717, 1.165) is 0 Å². The fourth-order valence-electron chi connectivity index (χ4n) is 0.270. The lowest BCUT2D eigenvalue weighted by Crippen LogP contribution is -2.24. The van der Waals surface area contributed by atoms with Crippen LogP contribution in [0, 0.1) is 0 Å². The summed E-state index contributed by atoms with van der Waals surface area (Å²) in [6.07, 6.45) is -3.47. The molecule has 0 saturated heterocycles. The average molecular weight is 135 g/mol. The molecule has 0 aromatic rings. The van der Waals surface area contributed by atoms with Crippen molar-refractivity contribution in [1.82, 2.24) is 0 Å². The van der Waals surface area contributed by atoms with Crippen molar-refractivity contribution in [1.29, 1.82) is 0 Å². The summed E-state index contributed by atoms with van der Waals surface area (Å²) in [5.74, 6) is -1.62. The van der Waals surface area contributed by atoms with Crippen LogP contribution in [0.2, 0.25) is 0 Å². The Labute approximate surface area is 50.8 Å². The summed E-state index contributed by atoms with van der Waals surface area (Å²) < 4.78 is 22.6. The SMILES string of the molecule is C=C(CC(F)F)C(=O)[O-]. The lowest BCUT2D eigenvalue weighted by molar-refractivity contribution is -0.299. The molecule has 0 heterocycles. The van der Waals surface area contributed by atoms with Crippen LogP contribution >= 0.6 is 0 Å². The van der Waals surface area contributed by atoms with E-state index in [1.54, 1.807) is 0 Å². The zero-order valence-corrected chi connectivity index (χ0v) is 4.56. The zero-order chi connectivity index (χ0) is 7.44. The summed E-state index contributed by atoms with van der Waals surface area (Å²) in [6, 6.07) is 0. The summed E-state index contributed by atoms with van der Waals surface area (Å²) in [4.78, 5) is 9.69. The van der Waals surface area contributed by atoms with Crippen molar-refractivity contribution in [3.05, 3.63) is 12.2 Å². The normalized spacial score (nSPS) is 9.67. The Hall–Kier alpha value is -0.930. The van der Waals surface area contributed by atoms with Crippen LogP contribution in [0.5, 0.6) is 0 Å². The van der Waals surface area contributed by atoms with Crippen LogP contribution in [0.3, 0.4) is 0 Å². The van der Waals surface area contributed by atoms with Gasteiger partial charge < -0.3 is 9.90 Å². The van der Waals surface area contributed by atoms with E-state index < -0.39 is 24.4 Å². The van der Waals surface area contributed by atoms with Gasteiger partial charge in [0.2, 0.25) is 6.43 Å². The molecule has 0 aromatic carbocycles. The van der Waals surface area contributed by atoms with Crippen molar-refractivity contribution >= 4 is 5.97 Å². The highest BCUT2D eigenvalue weighted by atomic mass is 19.3. The van der Waals surface area contributed by atoms with Crippen LogP contribution in [0.1, 0.15) is 6.42 Å². The van der Waals surface area contributed by atoms with E-state index in [1.165, 1.54) is 0 Å². The number of hydrogen-bond acceptors (Lipinski definition) is 2. The molecule has 0 unspecified atom stereocenters. The van der Waals surface area contributed by atoms with E-state index in [0.29, 0.717) is 0 Å². The van der Waals surface area contributed by atoms with Gasteiger partial charge in [-0.05, 0) is 5.57 Å². The molecule has 0 aromatic heterocycles. The molecule has 9 heavy (non-hydrogen) atoms. The van der Waals surface area contributed by atoms with Crippen molar-refractivity contribution in [3.63, 3.8) is 0 Å². The highest BCUT2D eigenvalue weighted by Crippen LogP contribution is 2.05. The fourth-order valence-corrected chi connectivity index (χ4v) is 0.270. The molecule has 2 nitrogen and oxygen atoms in total. The molecule has 0 rings (SSSR count). The zero-order valence-electron chi connectivity index (χ0n) is 4.56. The predicted molar refractivity (Wildman–Crippen MR) is 24.8 cm³/mol. The van der Waals surface area contributed by atoms with Crippen LogP contribution in [0.25, 0.3) is 0 Å². The standard InChI is InChI=1S/C5H6F2O2/c1-3(5(8)9)2-4(6)7/h4H,1-2H2,(H,8,9)/p-1. The van der Waals surface area contributed by atoms with Gasteiger partial charge in [-0.1, -0.05) is 6.58 Å². The van der Waals surface area contributed by atoms with Crippen LogP contribution in [0.15, 0.2) is 12.2 Å². The Kier molecular flexibility index (Phi) is 2.84. The molecule has 0 radical (unpaired) electrons. The molecule has 0 atom stereocenters. The number of carboxylic acid groups (broad SMARTS) is 1. The molecule has 0 spiro atoms. The Balaban J connectivity index is 3.65. The Morgan fingerprint density at radius 3 is 2.22 bits per heavy atom. The number of carboxylic acids is 1. The smallest absolute Gasteiger partial charge is 0.242 e. The molecular weight excluding hydrogens is 130 g/mol. The second kappa shape index (κ2) is 3.17. The molecule has 0 bridgehead atoms. The van der Waals surface area contributed by atoms with Gasteiger partial charge >= 0.3 is 0 Å². The van der Waals surface area contributed by atoms with Gasteiger partial charge in [-0.3, -0.25) is 0 Å². The maximum atomic E-state index is 11.3. The highest BCUT2D eigenvalue weighted by molar-refractivity contribution is 5.83. The average Bonchev–Trinajstić information content (AvgIpc) is 1.63. The van der Waals surface area contributed by atoms with Crippen molar-refractivity contribution in [2.24, 2.45) is 0 Å². The van der Waals surface area contributed by atoms with Crippen molar-refractivity contribution in [3.8, 4) is 0 Å². The molecular formula is C5H5F2O2-. The van der Waals surface area contributed by atoms with E-state index in [-0.39, 0.29) is 0 Å². The van der Waals surface area contributed by atoms with Crippen LogP contribution in [0.4, 0.5) is 8.78 Å². The number of halogens is 2. The number of aliphatic carboxylic acids is 1. The van der Waals surface area contributed by atoms with Crippen LogP contribution in [-0.2, 0) is 4.79 Å². The molecule has 0 N–H and O–H groups in total. The van der Waals surface area contributed by atoms with Crippen molar-refractivity contribution in [2.45, 2.75) is 12.8 Å². The first-order chi connectivity index (χ1) is 4.04. The molecule has 4 heteroatoms. The summed E-state index contributed by atoms with van der Waals surface area (Å²) >= 11 is 0. The Morgan fingerprint density at radius 1 is 1.67 bits per heavy atom. The summed E-state index contributed by atoms with van der Waals surface area (Å²) in [6.45, 7) is 2.85. The van der Waals surface area contributed by atoms with Crippen molar-refractivity contribution < 1.29 is 18.7 Å². The van der Waals surface area contributed by atoms with E-state index in [4.69, 9.17) is 0 Å². The Morgan fingerprint density at radius 2 is 2.11 bits per heavy atom. The molecule has 0 aliphatic heterocycles. The summed E-state index contributed by atoms with van der Waals surface area (Å²) in [7, 11) is 0. The number of alkyl halides is 2. The van der Waals surface area contributed by atoms with Crippen LogP contribution < -0.4 is 5.11 Å². The van der Waals surface area contributed by atoms with Gasteiger partial charge in [0, 0.05) is 6.42 Å². The third kappa shape index (κ3) is 3.64. The number of carbonyl (C=O) groups is 1. The monoisotopic (exact) mass is 135 g/mol. The quantitative estimate of drug-likeness (QED) is 0.509. The van der Waals surface area contributed by atoms with Gasteiger partial charge in [0.1, 0.15) is 0 Å². The molecule has 0 fully saturated rings.